The Labute approximate surface area is 187 Å². The molecule has 0 aromatic heterocycles. The number of nitrogens with zero attached hydrogens (tertiary/aromatic N) is 2. The second-order valence-electron chi connectivity index (χ2n) is 8.59. The van der Waals surface area contributed by atoms with Crippen LogP contribution in [0.4, 0.5) is 0 Å². The van der Waals surface area contributed by atoms with Crippen molar-refractivity contribution < 1.29 is 16.8 Å². The molecular formula is C23H32N2O4S2. The van der Waals surface area contributed by atoms with Gasteiger partial charge in [-0.15, -0.1) is 0 Å². The van der Waals surface area contributed by atoms with Gasteiger partial charge >= 0.3 is 0 Å². The van der Waals surface area contributed by atoms with Crippen LogP contribution in [0.3, 0.4) is 0 Å². The van der Waals surface area contributed by atoms with Gasteiger partial charge in [0.25, 0.3) is 0 Å². The fourth-order valence-corrected chi connectivity index (χ4v) is 7.86. The third-order valence-electron chi connectivity index (χ3n) is 6.75. The monoisotopic (exact) mass is 464 g/mol. The number of hydrogen-bond donors (Lipinski definition) is 0. The zero-order chi connectivity index (χ0) is 23.3. The molecule has 0 aliphatic carbocycles. The Kier molecular flexibility index (Phi) is 6.41. The lowest BCUT2D eigenvalue weighted by molar-refractivity contribution is 0.212. The van der Waals surface area contributed by atoms with Gasteiger partial charge in [-0.25, -0.2) is 16.8 Å². The van der Waals surface area contributed by atoms with Gasteiger partial charge in [0.2, 0.25) is 20.0 Å². The SMILES string of the molecule is Cc1ccc(S(=O)(=O)N2CCN(S(=O)(=O)c3ccc(C)c(C)c3C)C(C)C2)c(C)c1C. The van der Waals surface area contributed by atoms with E-state index in [9.17, 15) is 16.8 Å². The van der Waals surface area contributed by atoms with Crippen LogP contribution in [0.2, 0.25) is 0 Å². The van der Waals surface area contributed by atoms with E-state index in [0.717, 1.165) is 33.4 Å². The maximum Gasteiger partial charge on any atom is 0.243 e. The topological polar surface area (TPSA) is 74.8 Å². The number of sulfonamides is 2. The standard InChI is InChI=1S/C23H32N2O4S2/c1-15-8-10-22(20(6)18(15)4)30(26,27)24-12-13-25(17(3)14-24)31(28,29)23-11-9-16(2)19(5)21(23)7/h8-11,17H,12-14H2,1-7H3. The van der Waals surface area contributed by atoms with Gasteiger partial charge < -0.3 is 0 Å². The Morgan fingerprint density at radius 2 is 1.13 bits per heavy atom. The molecule has 1 heterocycles. The third kappa shape index (κ3) is 4.06. The van der Waals surface area contributed by atoms with Crippen LogP contribution >= 0.6 is 0 Å². The molecule has 3 rings (SSSR count). The zero-order valence-corrected chi connectivity index (χ0v) is 21.0. The van der Waals surface area contributed by atoms with Crippen LogP contribution in [0.25, 0.3) is 0 Å². The maximum atomic E-state index is 13.4. The molecule has 0 saturated carbocycles. The van der Waals surface area contributed by atoms with Crippen LogP contribution in [0.15, 0.2) is 34.1 Å². The van der Waals surface area contributed by atoms with Crippen LogP contribution in [0.1, 0.15) is 40.3 Å². The molecule has 1 atom stereocenters. The number of aryl methyl sites for hydroxylation is 2. The minimum Gasteiger partial charge on any atom is -0.207 e. The van der Waals surface area contributed by atoms with E-state index < -0.39 is 26.1 Å². The molecule has 1 unspecified atom stereocenters. The van der Waals surface area contributed by atoms with E-state index in [4.69, 9.17) is 0 Å². The van der Waals surface area contributed by atoms with E-state index in [1.54, 1.807) is 19.1 Å². The summed E-state index contributed by atoms with van der Waals surface area (Å²) in [5.74, 6) is 0. The van der Waals surface area contributed by atoms with Gasteiger partial charge in [-0.3, -0.25) is 0 Å². The zero-order valence-electron chi connectivity index (χ0n) is 19.4. The first-order valence-electron chi connectivity index (χ1n) is 10.5. The quantitative estimate of drug-likeness (QED) is 0.693. The highest BCUT2D eigenvalue weighted by atomic mass is 32.2. The van der Waals surface area contributed by atoms with Gasteiger partial charge in [0.1, 0.15) is 0 Å². The van der Waals surface area contributed by atoms with Crippen molar-refractivity contribution in [2.24, 2.45) is 0 Å². The lowest BCUT2D eigenvalue weighted by Crippen LogP contribution is -2.55. The summed E-state index contributed by atoms with van der Waals surface area (Å²) in [4.78, 5) is 0.591. The van der Waals surface area contributed by atoms with E-state index in [1.165, 1.54) is 8.61 Å². The molecule has 0 amide bonds. The highest BCUT2D eigenvalue weighted by Crippen LogP contribution is 2.30. The maximum absolute atomic E-state index is 13.4. The number of hydrogen-bond acceptors (Lipinski definition) is 4. The van der Waals surface area contributed by atoms with Crippen LogP contribution in [-0.2, 0) is 20.0 Å². The first-order valence-corrected chi connectivity index (χ1v) is 13.3. The minimum atomic E-state index is -3.72. The molecule has 1 fully saturated rings. The summed E-state index contributed by atoms with van der Waals surface area (Å²) in [6.07, 6.45) is 0. The summed E-state index contributed by atoms with van der Waals surface area (Å²) in [5.41, 5.74) is 5.50. The van der Waals surface area contributed by atoms with Gasteiger partial charge in [-0.1, -0.05) is 12.1 Å². The predicted molar refractivity (Wildman–Crippen MR) is 123 cm³/mol. The van der Waals surface area contributed by atoms with Crippen molar-refractivity contribution in [3.63, 3.8) is 0 Å². The Hall–Kier alpha value is -1.74. The summed E-state index contributed by atoms with van der Waals surface area (Å²) in [6, 6.07) is 6.48. The number of rotatable bonds is 4. The van der Waals surface area contributed by atoms with Gasteiger partial charge in [0.05, 0.1) is 9.79 Å². The molecule has 8 heteroatoms. The lowest BCUT2D eigenvalue weighted by Gasteiger charge is -2.38. The molecule has 1 saturated heterocycles. The molecule has 0 spiro atoms. The smallest absolute Gasteiger partial charge is 0.207 e. The van der Waals surface area contributed by atoms with Crippen LogP contribution in [0, 0.1) is 41.5 Å². The second-order valence-corrected chi connectivity index (χ2v) is 12.4. The van der Waals surface area contributed by atoms with E-state index >= 15 is 0 Å². The Balaban J connectivity index is 1.91. The van der Waals surface area contributed by atoms with Gasteiger partial charge in [-0.2, -0.15) is 8.61 Å². The molecule has 170 valence electrons. The van der Waals surface area contributed by atoms with E-state index in [2.05, 4.69) is 0 Å². The molecule has 31 heavy (non-hydrogen) atoms. The van der Waals surface area contributed by atoms with Gasteiger partial charge in [0, 0.05) is 25.7 Å². The van der Waals surface area contributed by atoms with E-state index in [-0.39, 0.29) is 19.6 Å². The Morgan fingerprint density at radius 1 is 0.677 bits per heavy atom. The van der Waals surface area contributed by atoms with E-state index in [1.807, 2.05) is 53.7 Å². The highest BCUT2D eigenvalue weighted by Gasteiger charge is 2.39. The van der Waals surface area contributed by atoms with Crippen molar-refractivity contribution in [3.05, 3.63) is 57.6 Å². The van der Waals surface area contributed by atoms with Crippen molar-refractivity contribution in [1.82, 2.24) is 8.61 Å². The molecule has 0 radical (unpaired) electrons. The first-order chi connectivity index (χ1) is 14.3. The van der Waals surface area contributed by atoms with E-state index in [0.29, 0.717) is 9.79 Å². The molecule has 1 aliphatic rings. The number of benzene rings is 2. The third-order valence-corrected chi connectivity index (χ3v) is 10.9. The van der Waals surface area contributed by atoms with Gasteiger partial charge in [-0.05, 0) is 94.0 Å². The average Bonchev–Trinajstić information content (AvgIpc) is 2.69. The normalized spacial score (nSPS) is 19.0. The largest absolute Gasteiger partial charge is 0.243 e. The molecule has 2 aromatic rings. The van der Waals surface area contributed by atoms with Crippen LogP contribution < -0.4 is 0 Å². The predicted octanol–water partition coefficient (Wildman–Crippen LogP) is 3.62. The number of piperazine rings is 1. The molecule has 0 N–H and O–H groups in total. The molecular weight excluding hydrogens is 432 g/mol. The van der Waals surface area contributed by atoms with Crippen LogP contribution in [0.5, 0.6) is 0 Å². The fourth-order valence-electron chi connectivity index (χ4n) is 4.17. The second kappa shape index (κ2) is 8.31. The molecule has 6 nitrogen and oxygen atoms in total. The summed E-state index contributed by atoms with van der Waals surface area (Å²) in [5, 5.41) is 0. The van der Waals surface area contributed by atoms with Crippen molar-refractivity contribution in [2.75, 3.05) is 19.6 Å². The lowest BCUT2D eigenvalue weighted by atomic mass is 10.1. The first kappa shape index (κ1) is 23.9. The summed E-state index contributed by atoms with van der Waals surface area (Å²) < 4.78 is 56.3. The molecule has 0 bridgehead atoms. The Bertz CT molecular complexity index is 1230. The molecule has 2 aromatic carbocycles. The van der Waals surface area contributed by atoms with Gasteiger partial charge in [0.15, 0.2) is 0 Å². The van der Waals surface area contributed by atoms with Crippen molar-refractivity contribution in [2.45, 2.75) is 64.3 Å². The highest BCUT2D eigenvalue weighted by molar-refractivity contribution is 7.89. The average molecular weight is 465 g/mol. The van der Waals surface area contributed by atoms with Crippen molar-refractivity contribution in [3.8, 4) is 0 Å². The minimum absolute atomic E-state index is 0.123. The fraction of sp³-hybridized carbons (Fsp3) is 0.478. The summed E-state index contributed by atoms with van der Waals surface area (Å²) >= 11 is 0. The van der Waals surface area contributed by atoms with Crippen molar-refractivity contribution in [1.29, 1.82) is 0 Å². The Morgan fingerprint density at radius 3 is 1.58 bits per heavy atom. The summed E-state index contributed by atoms with van der Waals surface area (Å²) in [6.45, 7) is 13.5. The van der Waals surface area contributed by atoms with Crippen LogP contribution in [-0.4, -0.2) is 51.1 Å². The summed E-state index contributed by atoms with van der Waals surface area (Å²) in [7, 11) is -7.43. The van der Waals surface area contributed by atoms with Crippen molar-refractivity contribution >= 4 is 20.0 Å². The molecule has 1 aliphatic heterocycles.